The van der Waals surface area contributed by atoms with Crippen LogP contribution >= 0.6 is 24.0 Å². The number of thiocarbonyl (C=S) groups is 1. The Bertz CT molecular complexity index is 1050. The lowest BCUT2D eigenvalue weighted by molar-refractivity contribution is -0.122. The van der Waals surface area contributed by atoms with Gasteiger partial charge in [-0.2, -0.15) is 0 Å². The average molecular weight is 455 g/mol. The summed E-state index contributed by atoms with van der Waals surface area (Å²) < 4.78 is 5.16. The maximum atomic E-state index is 12.7. The smallest absolute Gasteiger partial charge is 0.337 e. The largest absolute Gasteiger partial charge is 0.465 e. The number of carbonyl (C=O) groups is 3. The molecule has 0 atom stereocenters. The summed E-state index contributed by atoms with van der Waals surface area (Å²) >= 11 is 6.58. The van der Waals surface area contributed by atoms with Crippen LogP contribution in [0.25, 0.3) is 6.08 Å². The van der Waals surface area contributed by atoms with Gasteiger partial charge < -0.3 is 10.1 Å². The number of methoxy groups -OCH3 is 1. The number of esters is 1. The summed E-state index contributed by atoms with van der Waals surface area (Å²) in [6, 6.07) is 14.4. The summed E-state index contributed by atoms with van der Waals surface area (Å²) in [7, 11) is 1.33. The SMILES string of the molecule is COC(=O)c1ccc(/C=C2\SC(=S)N(CCCC(=O)Nc3cccc(C)c3)C2=O)cc1. The zero-order valence-corrected chi connectivity index (χ0v) is 18.8. The first-order valence-electron chi connectivity index (χ1n) is 9.67. The molecule has 2 aromatic rings. The van der Waals surface area contributed by atoms with Crippen molar-refractivity contribution in [2.45, 2.75) is 19.8 Å². The highest BCUT2D eigenvalue weighted by Crippen LogP contribution is 2.32. The number of ether oxygens (including phenoxy) is 1. The van der Waals surface area contributed by atoms with Crippen LogP contribution in [0.2, 0.25) is 0 Å². The zero-order valence-electron chi connectivity index (χ0n) is 17.2. The Morgan fingerprint density at radius 1 is 1.19 bits per heavy atom. The Labute approximate surface area is 190 Å². The van der Waals surface area contributed by atoms with Crippen molar-refractivity contribution in [1.29, 1.82) is 0 Å². The summed E-state index contributed by atoms with van der Waals surface area (Å²) in [6.07, 6.45) is 2.54. The first kappa shape index (κ1) is 22.7. The Kier molecular flexibility index (Phi) is 7.59. The molecule has 0 aromatic heterocycles. The van der Waals surface area contributed by atoms with Crippen molar-refractivity contribution >= 4 is 57.8 Å². The minimum Gasteiger partial charge on any atom is -0.465 e. The molecule has 0 spiro atoms. The van der Waals surface area contributed by atoms with Gasteiger partial charge in [0, 0.05) is 18.7 Å². The fraction of sp³-hybridized carbons (Fsp3) is 0.217. The number of benzene rings is 2. The summed E-state index contributed by atoms with van der Waals surface area (Å²) in [6.45, 7) is 2.34. The number of aryl methyl sites for hydroxylation is 1. The predicted octanol–water partition coefficient (Wildman–Crippen LogP) is 4.40. The van der Waals surface area contributed by atoms with Crippen LogP contribution in [-0.2, 0) is 14.3 Å². The molecule has 1 N–H and O–H groups in total. The lowest BCUT2D eigenvalue weighted by Crippen LogP contribution is -2.29. The van der Waals surface area contributed by atoms with E-state index in [2.05, 4.69) is 10.1 Å². The van der Waals surface area contributed by atoms with E-state index in [0.717, 1.165) is 16.8 Å². The van der Waals surface area contributed by atoms with Gasteiger partial charge in [0.15, 0.2) is 0 Å². The number of nitrogens with zero attached hydrogens (tertiary/aromatic N) is 1. The molecule has 3 rings (SSSR count). The minimum absolute atomic E-state index is 0.0997. The monoisotopic (exact) mass is 454 g/mol. The Balaban J connectivity index is 1.54. The number of hydrogen-bond acceptors (Lipinski definition) is 6. The number of thioether (sulfide) groups is 1. The molecule has 0 radical (unpaired) electrons. The van der Waals surface area contributed by atoms with Gasteiger partial charge >= 0.3 is 5.97 Å². The molecule has 6 nitrogen and oxygen atoms in total. The summed E-state index contributed by atoms with van der Waals surface area (Å²) in [5.74, 6) is -0.687. The first-order valence-corrected chi connectivity index (χ1v) is 10.9. The molecule has 0 saturated carbocycles. The minimum atomic E-state index is -0.413. The van der Waals surface area contributed by atoms with Crippen molar-refractivity contribution in [3.8, 4) is 0 Å². The highest BCUT2D eigenvalue weighted by Gasteiger charge is 2.31. The fourth-order valence-corrected chi connectivity index (χ4v) is 4.33. The van der Waals surface area contributed by atoms with Crippen molar-refractivity contribution in [2.75, 3.05) is 19.0 Å². The Morgan fingerprint density at radius 3 is 2.61 bits per heavy atom. The molecule has 160 valence electrons. The van der Waals surface area contributed by atoms with E-state index in [9.17, 15) is 14.4 Å². The molecule has 1 heterocycles. The van der Waals surface area contributed by atoms with Crippen LogP contribution in [0.15, 0.2) is 53.4 Å². The average Bonchev–Trinajstić information content (AvgIpc) is 3.01. The number of amides is 2. The highest BCUT2D eigenvalue weighted by atomic mass is 32.2. The number of carbonyl (C=O) groups excluding carboxylic acids is 3. The van der Waals surface area contributed by atoms with E-state index in [1.165, 1.54) is 23.8 Å². The maximum absolute atomic E-state index is 12.7. The van der Waals surface area contributed by atoms with E-state index in [0.29, 0.717) is 34.2 Å². The van der Waals surface area contributed by atoms with Crippen LogP contribution < -0.4 is 5.32 Å². The number of rotatable bonds is 7. The van der Waals surface area contributed by atoms with E-state index in [-0.39, 0.29) is 11.8 Å². The molecule has 31 heavy (non-hydrogen) atoms. The van der Waals surface area contributed by atoms with E-state index < -0.39 is 5.97 Å². The van der Waals surface area contributed by atoms with Gasteiger partial charge in [0.2, 0.25) is 5.91 Å². The number of hydrogen-bond donors (Lipinski definition) is 1. The van der Waals surface area contributed by atoms with Crippen LogP contribution in [0.1, 0.15) is 34.3 Å². The molecule has 0 aliphatic carbocycles. The van der Waals surface area contributed by atoms with Crippen molar-refractivity contribution in [2.24, 2.45) is 0 Å². The van der Waals surface area contributed by atoms with Crippen LogP contribution in [0.3, 0.4) is 0 Å². The van der Waals surface area contributed by atoms with Gasteiger partial charge in [-0.25, -0.2) is 4.79 Å². The first-order chi connectivity index (χ1) is 14.9. The van der Waals surface area contributed by atoms with E-state index in [4.69, 9.17) is 12.2 Å². The predicted molar refractivity (Wildman–Crippen MR) is 127 cm³/mol. The van der Waals surface area contributed by atoms with Crippen molar-refractivity contribution < 1.29 is 19.1 Å². The molecule has 8 heteroatoms. The maximum Gasteiger partial charge on any atom is 0.337 e. The molecular formula is C23H22N2O4S2. The lowest BCUT2D eigenvalue weighted by Gasteiger charge is -2.14. The summed E-state index contributed by atoms with van der Waals surface area (Å²) in [5.41, 5.74) is 3.06. The third-order valence-corrected chi connectivity index (χ3v) is 5.97. The van der Waals surface area contributed by atoms with Gasteiger partial charge in [-0.15, -0.1) is 0 Å². The van der Waals surface area contributed by atoms with Crippen LogP contribution in [0, 0.1) is 6.92 Å². The van der Waals surface area contributed by atoms with Crippen LogP contribution in [-0.4, -0.2) is 40.7 Å². The van der Waals surface area contributed by atoms with Crippen molar-refractivity contribution in [3.63, 3.8) is 0 Å². The van der Waals surface area contributed by atoms with Gasteiger partial charge in [-0.3, -0.25) is 14.5 Å². The number of anilines is 1. The molecule has 0 bridgehead atoms. The van der Waals surface area contributed by atoms with Gasteiger partial charge in [0.25, 0.3) is 5.91 Å². The van der Waals surface area contributed by atoms with Crippen LogP contribution in [0.5, 0.6) is 0 Å². The second-order valence-electron chi connectivity index (χ2n) is 6.97. The van der Waals surface area contributed by atoms with Crippen LogP contribution in [0.4, 0.5) is 5.69 Å². The summed E-state index contributed by atoms with van der Waals surface area (Å²) in [4.78, 5) is 38.4. The highest BCUT2D eigenvalue weighted by molar-refractivity contribution is 8.26. The molecule has 1 aliphatic rings. The zero-order chi connectivity index (χ0) is 22.4. The third kappa shape index (κ3) is 6.02. The number of nitrogens with one attached hydrogen (secondary N) is 1. The Morgan fingerprint density at radius 2 is 1.94 bits per heavy atom. The van der Waals surface area contributed by atoms with Gasteiger partial charge in [0.1, 0.15) is 4.32 Å². The normalized spacial score (nSPS) is 14.8. The lowest BCUT2D eigenvalue weighted by atomic mass is 10.1. The Hall–Kier alpha value is -2.97. The van der Waals surface area contributed by atoms with E-state index in [1.807, 2.05) is 31.2 Å². The topological polar surface area (TPSA) is 75.7 Å². The quantitative estimate of drug-likeness (QED) is 0.380. The summed E-state index contributed by atoms with van der Waals surface area (Å²) in [5, 5.41) is 2.86. The molecule has 2 amide bonds. The van der Waals surface area contributed by atoms with Gasteiger partial charge in [0.05, 0.1) is 17.6 Å². The fourth-order valence-electron chi connectivity index (χ4n) is 3.02. The van der Waals surface area contributed by atoms with Gasteiger partial charge in [-0.1, -0.05) is 48.2 Å². The molecule has 1 saturated heterocycles. The second-order valence-corrected chi connectivity index (χ2v) is 8.64. The molecule has 1 aliphatic heterocycles. The van der Waals surface area contributed by atoms with Crippen molar-refractivity contribution in [1.82, 2.24) is 4.90 Å². The van der Waals surface area contributed by atoms with E-state index in [1.54, 1.807) is 30.3 Å². The standard InChI is InChI=1S/C23H22N2O4S2/c1-15-5-3-6-18(13-15)24-20(26)7-4-12-25-21(27)19(31-23(25)30)14-16-8-10-17(11-9-16)22(28)29-2/h3,5-6,8-11,13-14H,4,7,12H2,1-2H3,(H,24,26)/b19-14-. The second kappa shape index (κ2) is 10.4. The van der Waals surface area contributed by atoms with E-state index >= 15 is 0 Å². The molecule has 1 fully saturated rings. The molecule has 2 aromatic carbocycles. The third-order valence-electron chi connectivity index (χ3n) is 4.59. The molecule has 0 unspecified atom stereocenters. The van der Waals surface area contributed by atoms with Crippen molar-refractivity contribution in [3.05, 3.63) is 70.1 Å². The van der Waals surface area contributed by atoms with Gasteiger partial charge in [-0.05, 0) is 54.8 Å². The molecular weight excluding hydrogens is 432 g/mol.